The maximum atomic E-state index is 11.8. The quantitative estimate of drug-likeness (QED) is 0.742. The molecule has 3 N–H and O–H groups in total. The van der Waals surface area contributed by atoms with Crippen molar-refractivity contribution >= 4 is 5.91 Å². The molecule has 1 heterocycles. The minimum atomic E-state index is 0.0704. The van der Waals surface area contributed by atoms with E-state index in [0.29, 0.717) is 19.1 Å². The van der Waals surface area contributed by atoms with Crippen LogP contribution in [0, 0.1) is 0 Å². The molecule has 1 aromatic carbocycles. The van der Waals surface area contributed by atoms with Gasteiger partial charge in [0.2, 0.25) is 5.91 Å². The van der Waals surface area contributed by atoms with Crippen LogP contribution in [0.15, 0.2) is 30.3 Å². The molecule has 1 saturated heterocycles. The minimum absolute atomic E-state index is 0.0704. The number of hydrogen-bond donors (Lipinski definition) is 3. The van der Waals surface area contributed by atoms with Crippen LogP contribution in [0.4, 0.5) is 0 Å². The Morgan fingerprint density at radius 1 is 1.21 bits per heavy atom. The molecule has 1 unspecified atom stereocenters. The van der Waals surface area contributed by atoms with Crippen molar-refractivity contribution in [3.8, 4) is 0 Å². The molecular formula is C15H23N3O. The lowest BCUT2D eigenvalue weighted by Crippen LogP contribution is -2.39. The van der Waals surface area contributed by atoms with E-state index in [1.807, 2.05) is 30.3 Å². The number of hydrogen-bond acceptors (Lipinski definition) is 3. The first-order valence-corrected chi connectivity index (χ1v) is 7.09. The summed E-state index contributed by atoms with van der Waals surface area (Å²) in [4.78, 5) is 11.8. The second-order valence-corrected chi connectivity index (χ2v) is 5.02. The van der Waals surface area contributed by atoms with Crippen LogP contribution in [0.5, 0.6) is 0 Å². The average molecular weight is 261 g/mol. The molecule has 2 rings (SSSR count). The highest BCUT2D eigenvalue weighted by atomic mass is 16.1. The summed E-state index contributed by atoms with van der Waals surface area (Å²) in [6, 6.07) is 10.5. The third-order valence-corrected chi connectivity index (χ3v) is 3.46. The van der Waals surface area contributed by atoms with E-state index in [9.17, 15) is 4.79 Å². The number of rotatable bonds is 5. The lowest BCUT2D eigenvalue weighted by atomic mass is 10.1. The lowest BCUT2D eigenvalue weighted by molar-refractivity contribution is -0.120. The smallest absolute Gasteiger partial charge is 0.234 e. The van der Waals surface area contributed by atoms with E-state index in [2.05, 4.69) is 16.0 Å². The van der Waals surface area contributed by atoms with E-state index < -0.39 is 0 Å². The number of benzene rings is 1. The summed E-state index contributed by atoms with van der Waals surface area (Å²) in [6.07, 6.45) is 3.44. The Morgan fingerprint density at radius 2 is 2.05 bits per heavy atom. The van der Waals surface area contributed by atoms with Crippen molar-refractivity contribution in [1.29, 1.82) is 0 Å². The van der Waals surface area contributed by atoms with Gasteiger partial charge in [-0.25, -0.2) is 0 Å². The molecule has 1 amide bonds. The van der Waals surface area contributed by atoms with Gasteiger partial charge in [0, 0.05) is 12.6 Å². The molecule has 0 radical (unpaired) electrons. The van der Waals surface area contributed by atoms with Gasteiger partial charge in [-0.1, -0.05) is 30.3 Å². The van der Waals surface area contributed by atoms with Gasteiger partial charge in [-0.15, -0.1) is 0 Å². The van der Waals surface area contributed by atoms with Gasteiger partial charge >= 0.3 is 0 Å². The van der Waals surface area contributed by atoms with Gasteiger partial charge in [0.1, 0.15) is 0 Å². The zero-order valence-electron chi connectivity index (χ0n) is 11.3. The second kappa shape index (κ2) is 7.92. The Kier molecular flexibility index (Phi) is 5.85. The fourth-order valence-corrected chi connectivity index (χ4v) is 2.32. The van der Waals surface area contributed by atoms with Crippen molar-refractivity contribution in [1.82, 2.24) is 16.0 Å². The average Bonchev–Trinajstić information content (AvgIpc) is 2.73. The van der Waals surface area contributed by atoms with Crippen molar-refractivity contribution in [3.05, 3.63) is 35.9 Å². The SMILES string of the molecule is O=C(CNC1CCCNCC1)NCc1ccccc1. The standard InChI is InChI=1S/C15H23N3O/c19-15(18-11-13-5-2-1-3-6-13)12-17-14-7-4-9-16-10-8-14/h1-3,5-6,14,16-17H,4,7-12H2,(H,18,19). The Hall–Kier alpha value is -1.39. The molecule has 0 spiro atoms. The highest BCUT2D eigenvalue weighted by molar-refractivity contribution is 5.78. The van der Waals surface area contributed by atoms with Crippen LogP contribution >= 0.6 is 0 Å². The summed E-state index contributed by atoms with van der Waals surface area (Å²) in [7, 11) is 0. The third kappa shape index (κ3) is 5.41. The molecular weight excluding hydrogens is 238 g/mol. The predicted octanol–water partition coefficient (Wildman–Crippen LogP) is 1.03. The third-order valence-electron chi connectivity index (χ3n) is 3.46. The van der Waals surface area contributed by atoms with E-state index in [4.69, 9.17) is 0 Å². The molecule has 1 atom stereocenters. The first-order valence-electron chi connectivity index (χ1n) is 7.09. The van der Waals surface area contributed by atoms with Crippen LogP contribution in [0.1, 0.15) is 24.8 Å². The van der Waals surface area contributed by atoms with Crippen LogP contribution in [0.3, 0.4) is 0 Å². The van der Waals surface area contributed by atoms with Crippen LogP contribution < -0.4 is 16.0 Å². The largest absolute Gasteiger partial charge is 0.351 e. The molecule has 19 heavy (non-hydrogen) atoms. The summed E-state index contributed by atoms with van der Waals surface area (Å²) >= 11 is 0. The number of amides is 1. The minimum Gasteiger partial charge on any atom is -0.351 e. The highest BCUT2D eigenvalue weighted by Gasteiger charge is 2.12. The van der Waals surface area contributed by atoms with E-state index in [0.717, 1.165) is 31.5 Å². The summed E-state index contributed by atoms with van der Waals surface area (Å²) in [5, 5.41) is 9.65. The normalized spacial score (nSPS) is 19.7. The van der Waals surface area contributed by atoms with Crippen molar-refractivity contribution in [2.24, 2.45) is 0 Å². The Morgan fingerprint density at radius 3 is 2.89 bits per heavy atom. The topological polar surface area (TPSA) is 53.2 Å². The van der Waals surface area contributed by atoms with Gasteiger partial charge in [0.05, 0.1) is 6.54 Å². The summed E-state index contributed by atoms with van der Waals surface area (Å²) in [5.41, 5.74) is 1.13. The van der Waals surface area contributed by atoms with E-state index in [1.54, 1.807) is 0 Å². The van der Waals surface area contributed by atoms with Crippen molar-refractivity contribution in [2.45, 2.75) is 31.8 Å². The zero-order chi connectivity index (χ0) is 13.3. The van der Waals surface area contributed by atoms with Crippen molar-refractivity contribution in [2.75, 3.05) is 19.6 Å². The van der Waals surface area contributed by atoms with Gasteiger partial charge in [-0.2, -0.15) is 0 Å². The van der Waals surface area contributed by atoms with Gasteiger partial charge in [0.25, 0.3) is 0 Å². The number of carbonyl (C=O) groups is 1. The predicted molar refractivity (Wildman–Crippen MR) is 76.8 cm³/mol. The van der Waals surface area contributed by atoms with Gasteiger partial charge in [-0.05, 0) is 37.9 Å². The molecule has 1 aliphatic heterocycles. The molecule has 4 heteroatoms. The van der Waals surface area contributed by atoms with Crippen LogP contribution in [-0.4, -0.2) is 31.6 Å². The molecule has 0 bridgehead atoms. The van der Waals surface area contributed by atoms with Crippen molar-refractivity contribution in [3.63, 3.8) is 0 Å². The van der Waals surface area contributed by atoms with Crippen LogP contribution in [0.25, 0.3) is 0 Å². The van der Waals surface area contributed by atoms with Crippen LogP contribution in [0.2, 0.25) is 0 Å². The second-order valence-electron chi connectivity index (χ2n) is 5.02. The van der Waals surface area contributed by atoms with Gasteiger partial charge in [0.15, 0.2) is 0 Å². The Labute approximate surface area is 115 Å². The summed E-state index contributed by atoms with van der Waals surface area (Å²) in [5.74, 6) is 0.0704. The summed E-state index contributed by atoms with van der Waals surface area (Å²) in [6.45, 7) is 3.16. The number of nitrogens with one attached hydrogen (secondary N) is 3. The Bertz CT molecular complexity index is 372. The fourth-order valence-electron chi connectivity index (χ4n) is 2.32. The maximum absolute atomic E-state index is 11.8. The molecule has 104 valence electrons. The molecule has 4 nitrogen and oxygen atoms in total. The zero-order valence-corrected chi connectivity index (χ0v) is 11.3. The highest BCUT2D eigenvalue weighted by Crippen LogP contribution is 2.04. The monoisotopic (exact) mass is 261 g/mol. The fraction of sp³-hybridized carbons (Fsp3) is 0.533. The molecule has 1 aromatic rings. The molecule has 0 saturated carbocycles. The van der Waals surface area contributed by atoms with E-state index >= 15 is 0 Å². The van der Waals surface area contributed by atoms with E-state index in [1.165, 1.54) is 6.42 Å². The number of carbonyl (C=O) groups excluding carboxylic acids is 1. The molecule has 1 fully saturated rings. The maximum Gasteiger partial charge on any atom is 0.234 e. The first kappa shape index (κ1) is 14.0. The van der Waals surface area contributed by atoms with Crippen LogP contribution in [-0.2, 0) is 11.3 Å². The molecule has 1 aliphatic rings. The van der Waals surface area contributed by atoms with Gasteiger partial charge < -0.3 is 16.0 Å². The van der Waals surface area contributed by atoms with E-state index in [-0.39, 0.29) is 5.91 Å². The van der Waals surface area contributed by atoms with Crippen molar-refractivity contribution < 1.29 is 4.79 Å². The first-order chi connectivity index (χ1) is 9.34. The molecule has 0 aromatic heterocycles. The van der Waals surface area contributed by atoms with Gasteiger partial charge in [-0.3, -0.25) is 4.79 Å². The summed E-state index contributed by atoms with van der Waals surface area (Å²) < 4.78 is 0. The Balaban J connectivity index is 1.64. The molecule has 0 aliphatic carbocycles. The lowest BCUT2D eigenvalue weighted by Gasteiger charge is -2.15.